The molecule has 13 heavy (non-hydrogen) atoms. The van der Waals surface area contributed by atoms with Gasteiger partial charge in [-0.15, -0.1) is 0 Å². The minimum atomic E-state index is -0.128. The van der Waals surface area contributed by atoms with Crippen LogP contribution in [0.4, 0.5) is 0 Å². The molecule has 0 aliphatic carbocycles. The Balaban J connectivity index is 3.32. The number of likely N-dealkylation sites (N-methyl/N-ethyl adjacent to an activating group) is 1. The number of hydrogen-bond donors (Lipinski definition) is 1. The fraction of sp³-hybridized carbons (Fsp3) is 1.00. The zero-order valence-electron chi connectivity index (χ0n) is 9.42. The lowest BCUT2D eigenvalue weighted by Crippen LogP contribution is -2.29. The highest BCUT2D eigenvalue weighted by Crippen LogP contribution is 2.01. The lowest BCUT2D eigenvalue weighted by atomic mass is 10.2. The topological polar surface area (TPSA) is 23.5 Å². The number of rotatable bonds is 8. The van der Waals surface area contributed by atoms with Gasteiger partial charge in [-0.3, -0.25) is 0 Å². The maximum Gasteiger partial charge on any atom is 0.0666 e. The highest BCUT2D eigenvalue weighted by molar-refractivity contribution is 4.60. The van der Waals surface area contributed by atoms with Gasteiger partial charge in [0, 0.05) is 6.54 Å². The number of aliphatic hydroxyl groups excluding tert-OH is 1. The van der Waals surface area contributed by atoms with E-state index in [9.17, 15) is 5.11 Å². The molecule has 1 N–H and O–H groups in total. The first-order chi connectivity index (χ1) is 6.20. The third-order valence-electron chi connectivity index (χ3n) is 2.29. The van der Waals surface area contributed by atoms with Crippen LogP contribution < -0.4 is 0 Å². The Morgan fingerprint density at radius 3 is 2.38 bits per heavy atom. The number of unbranched alkanes of at least 4 members (excludes halogenated alkanes) is 2. The van der Waals surface area contributed by atoms with E-state index in [4.69, 9.17) is 0 Å². The summed E-state index contributed by atoms with van der Waals surface area (Å²) in [5.41, 5.74) is 0. The summed E-state index contributed by atoms with van der Waals surface area (Å²) in [6.45, 7) is 6.28. The van der Waals surface area contributed by atoms with Crippen molar-refractivity contribution >= 4 is 0 Å². The minimum Gasteiger partial charge on any atom is -0.392 e. The van der Waals surface area contributed by atoms with Crippen LogP contribution in [0.5, 0.6) is 0 Å². The molecule has 0 fully saturated rings. The molecule has 0 aromatic carbocycles. The first-order valence-electron chi connectivity index (χ1n) is 5.57. The molecule has 0 amide bonds. The van der Waals surface area contributed by atoms with E-state index in [1.54, 1.807) is 0 Å². The van der Waals surface area contributed by atoms with Gasteiger partial charge in [0.25, 0.3) is 0 Å². The normalized spacial score (nSPS) is 13.6. The van der Waals surface area contributed by atoms with Crippen LogP contribution in [-0.4, -0.2) is 36.2 Å². The smallest absolute Gasteiger partial charge is 0.0666 e. The average molecular weight is 187 g/mol. The van der Waals surface area contributed by atoms with Crippen LogP contribution in [0.1, 0.15) is 46.0 Å². The summed E-state index contributed by atoms with van der Waals surface area (Å²) in [6, 6.07) is 0. The fourth-order valence-corrected chi connectivity index (χ4v) is 1.51. The maximum atomic E-state index is 9.53. The van der Waals surface area contributed by atoms with E-state index < -0.39 is 0 Å². The zero-order valence-corrected chi connectivity index (χ0v) is 9.42. The molecule has 0 heterocycles. The van der Waals surface area contributed by atoms with Gasteiger partial charge in [0.1, 0.15) is 0 Å². The molecule has 0 spiro atoms. The van der Waals surface area contributed by atoms with Crippen LogP contribution in [0.25, 0.3) is 0 Å². The third-order valence-corrected chi connectivity index (χ3v) is 2.29. The van der Waals surface area contributed by atoms with E-state index in [2.05, 4.69) is 25.8 Å². The Hall–Kier alpha value is -0.0800. The maximum absolute atomic E-state index is 9.53. The Kier molecular flexibility index (Phi) is 8.46. The van der Waals surface area contributed by atoms with Crippen LogP contribution in [0.2, 0.25) is 0 Å². The van der Waals surface area contributed by atoms with Gasteiger partial charge in [-0.2, -0.15) is 0 Å². The van der Waals surface area contributed by atoms with Crippen molar-refractivity contribution in [1.29, 1.82) is 0 Å². The van der Waals surface area contributed by atoms with E-state index in [-0.39, 0.29) is 6.10 Å². The van der Waals surface area contributed by atoms with E-state index in [0.717, 1.165) is 25.9 Å². The van der Waals surface area contributed by atoms with Crippen LogP contribution in [-0.2, 0) is 0 Å². The fourth-order valence-electron chi connectivity index (χ4n) is 1.51. The van der Waals surface area contributed by atoms with E-state index in [1.807, 2.05) is 0 Å². The molecular weight excluding hydrogens is 162 g/mol. The minimum absolute atomic E-state index is 0.128. The SMILES string of the molecule is CCCCCN(C)CC(O)CCC. The molecule has 2 nitrogen and oxygen atoms in total. The lowest BCUT2D eigenvalue weighted by Gasteiger charge is -2.19. The molecule has 0 saturated carbocycles. The summed E-state index contributed by atoms with van der Waals surface area (Å²) in [4.78, 5) is 2.23. The molecule has 1 unspecified atom stereocenters. The molecule has 0 aliphatic heterocycles. The van der Waals surface area contributed by atoms with Crippen LogP contribution >= 0.6 is 0 Å². The summed E-state index contributed by atoms with van der Waals surface area (Å²) in [5, 5.41) is 9.53. The van der Waals surface area contributed by atoms with Crippen LogP contribution in [0.3, 0.4) is 0 Å². The molecule has 0 radical (unpaired) electrons. The average Bonchev–Trinajstić information content (AvgIpc) is 2.05. The van der Waals surface area contributed by atoms with Crippen molar-refractivity contribution in [2.45, 2.75) is 52.1 Å². The lowest BCUT2D eigenvalue weighted by molar-refractivity contribution is 0.116. The molecule has 0 aromatic rings. The Morgan fingerprint density at radius 2 is 1.85 bits per heavy atom. The van der Waals surface area contributed by atoms with Crippen molar-refractivity contribution < 1.29 is 5.11 Å². The predicted octanol–water partition coefficient (Wildman–Crippen LogP) is 2.27. The van der Waals surface area contributed by atoms with Gasteiger partial charge in [0.05, 0.1) is 6.10 Å². The quantitative estimate of drug-likeness (QED) is 0.589. The van der Waals surface area contributed by atoms with Gasteiger partial charge in [-0.05, 0) is 26.4 Å². The van der Waals surface area contributed by atoms with Crippen LogP contribution in [0, 0.1) is 0 Å². The second-order valence-corrected chi connectivity index (χ2v) is 3.91. The molecule has 80 valence electrons. The first kappa shape index (κ1) is 12.9. The van der Waals surface area contributed by atoms with Crippen molar-refractivity contribution in [1.82, 2.24) is 4.90 Å². The molecule has 1 atom stereocenters. The van der Waals surface area contributed by atoms with E-state index in [0.29, 0.717) is 0 Å². The molecule has 0 aromatic heterocycles. The third kappa shape index (κ3) is 8.26. The van der Waals surface area contributed by atoms with Crippen molar-refractivity contribution in [3.63, 3.8) is 0 Å². The number of hydrogen-bond acceptors (Lipinski definition) is 2. The second kappa shape index (κ2) is 8.52. The van der Waals surface area contributed by atoms with Gasteiger partial charge in [0.15, 0.2) is 0 Å². The summed E-state index contributed by atoms with van der Waals surface area (Å²) in [5.74, 6) is 0. The highest BCUT2D eigenvalue weighted by Gasteiger charge is 2.05. The predicted molar refractivity (Wildman–Crippen MR) is 57.9 cm³/mol. The largest absolute Gasteiger partial charge is 0.392 e. The zero-order chi connectivity index (χ0) is 10.1. The van der Waals surface area contributed by atoms with Crippen molar-refractivity contribution in [3.8, 4) is 0 Å². The monoisotopic (exact) mass is 187 g/mol. The van der Waals surface area contributed by atoms with Gasteiger partial charge in [-0.1, -0.05) is 33.1 Å². The summed E-state index contributed by atoms with van der Waals surface area (Å²) in [7, 11) is 2.09. The Labute approximate surface area is 82.9 Å². The van der Waals surface area contributed by atoms with Gasteiger partial charge in [-0.25, -0.2) is 0 Å². The van der Waals surface area contributed by atoms with Crippen LogP contribution in [0.15, 0.2) is 0 Å². The standard InChI is InChI=1S/C11H25NO/c1-4-6-7-9-12(3)10-11(13)8-5-2/h11,13H,4-10H2,1-3H3. The molecule has 0 aliphatic rings. The molecule has 0 rings (SSSR count). The number of aliphatic hydroxyl groups is 1. The highest BCUT2D eigenvalue weighted by atomic mass is 16.3. The number of nitrogens with zero attached hydrogens (tertiary/aromatic N) is 1. The van der Waals surface area contributed by atoms with Gasteiger partial charge >= 0.3 is 0 Å². The van der Waals surface area contributed by atoms with Crippen molar-refractivity contribution in [2.75, 3.05) is 20.1 Å². The molecular formula is C11H25NO. The Morgan fingerprint density at radius 1 is 1.15 bits per heavy atom. The summed E-state index contributed by atoms with van der Waals surface area (Å²) in [6.07, 6.45) is 5.70. The van der Waals surface area contributed by atoms with E-state index in [1.165, 1.54) is 19.3 Å². The summed E-state index contributed by atoms with van der Waals surface area (Å²) < 4.78 is 0. The van der Waals surface area contributed by atoms with Gasteiger partial charge in [0.2, 0.25) is 0 Å². The first-order valence-corrected chi connectivity index (χ1v) is 5.57. The van der Waals surface area contributed by atoms with E-state index >= 15 is 0 Å². The molecule has 2 heteroatoms. The molecule has 0 saturated heterocycles. The summed E-state index contributed by atoms with van der Waals surface area (Å²) >= 11 is 0. The van der Waals surface area contributed by atoms with Crippen molar-refractivity contribution in [2.24, 2.45) is 0 Å². The Bertz CT molecular complexity index is 106. The second-order valence-electron chi connectivity index (χ2n) is 3.91. The van der Waals surface area contributed by atoms with Gasteiger partial charge < -0.3 is 10.0 Å². The molecule has 0 bridgehead atoms. The van der Waals surface area contributed by atoms with Crippen molar-refractivity contribution in [3.05, 3.63) is 0 Å².